The molecule has 7 rings (SSSR count). The maximum atomic E-state index is 5.88. The zero-order valence-corrected chi connectivity index (χ0v) is 26.5. The molecule has 0 amide bonds. The molecule has 5 atom stereocenters. The number of para-hydroxylation sites is 1. The maximum absolute atomic E-state index is 5.88. The number of thiocarbonyl (C=S) groups is 1. The van der Waals surface area contributed by atoms with Crippen LogP contribution in [0.25, 0.3) is 0 Å². The van der Waals surface area contributed by atoms with Crippen molar-refractivity contribution in [3.8, 4) is 23.3 Å². The number of hydrogen-bond donors (Lipinski definition) is 2. The first-order valence-electron chi connectivity index (χ1n) is 15.7. The fraction of sp³-hybridized carbons (Fsp3) is 0.459. The summed E-state index contributed by atoms with van der Waals surface area (Å²) in [6.45, 7) is 9.87. The zero-order chi connectivity index (χ0) is 29.8. The third kappa shape index (κ3) is 4.59. The van der Waals surface area contributed by atoms with Gasteiger partial charge in [0.05, 0.1) is 5.71 Å². The lowest BCUT2D eigenvalue weighted by Gasteiger charge is -2.59. The van der Waals surface area contributed by atoms with Crippen LogP contribution < -0.4 is 20.2 Å². The number of benzene rings is 2. The van der Waals surface area contributed by atoms with Gasteiger partial charge in [-0.3, -0.25) is 5.43 Å². The van der Waals surface area contributed by atoms with Crippen molar-refractivity contribution in [1.29, 1.82) is 0 Å². The lowest BCUT2D eigenvalue weighted by Crippen LogP contribution is -2.51. The number of nitrogens with one attached hydrogen (secondary N) is 2. The predicted octanol–water partition coefficient (Wildman–Crippen LogP) is 8.51. The van der Waals surface area contributed by atoms with Gasteiger partial charge in [-0.1, -0.05) is 49.6 Å². The van der Waals surface area contributed by atoms with Crippen LogP contribution in [0, 0.1) is 34.0 Å². The number of allylic oxidation sites excluding steroid dienone is 4. The highest BCUT2D eigenvalue weighted by atomic mass is 32.1. The average molecular weight is 592 g/mol. The third-order valence-corrected chi connectivity index (χ3v) is 11.6. The topological polar surface area (TPSA) is 54.9 Å². The van der Waals surface area contributed by atoms with Crippen molar-refractivity contribution >= 4 is 28.7 Å². The molecule has 2 aromatic carbocycles. The largest absolute Gasteiger partial charge is 0.454 e. The Balaban J connectivity index is 1.27. The molecule has 0 spiro atoms. The van der Waals surface area contributed by atoms with Gasteiger partial charge in [0.25, 0.3) is 0 Å². The van der Waals surface area contributed by atoms with E-state index in [2.05, 4.69) is 67.6 Å². The molecule has 4 aliphatic carbocycles. The van der Waals surface area contributed by atoms with E-state index in [1.165, 1.54) is 24.0 Å². The molecule has 1 heterocycles. The van der Waals surface area contributed by atoms with Crippen LogP contribution >= 0.6 is 12.2 Å². The molecule has 6 heteroatoms. The van der Waals surface area contributed by atoms with Gasteiger partial charge in [0, 0.05) is 17.0 Å². The van der Waals surface area contributed by atoms with E-state index in [0.717, 1.165) is 55.0 Å². The second kappa shape index (κ2) is 10.6. The van der Waals surface area contributed by atoms with Gasteiger partial charge in [-0.2, -0.15) is 5.10 Å². The number of rotatable bonds is 3. The Morgan fingerprint density at radius 3 is 2.63 bits per heavy atom. The molecule has 43 heavy (non-hydrogen) atoms. The van der Waals surface area contributed by atoms with E-state index in [9.17, 15) is 0 Å². The number of ether oxygens (including phenoxy) is 2. The molecule has 5 nitrogen and oxygen atoms in total. The molecule has 5 aliphatic rings. The van der Waals surface area contributed by atoms with E-state index < -0.39 is 0 Å². The highest BCUT2D eigenvalue weighted by Gasteiger charge is 2.65. The molecule has 2 N–H and O–H groups in total. The molecular formula is C37H41N3O2S. The number of anilines is 1. The SMILES string of the molecule is CC#C[C@]1(C)CC[C@H]2C3(C)CCC4=C/C(=N/NC(=S)Nc5ccccc5)CCC4=C3[C@@H](c3ccc4c(c3)OCO4)C[C@@]21C. The fourth-order valence-corrected chi connectivity index (χ4v) is 9.44. The fourth-order valence-electron chi connectivity index (χ4n) is 9.27. The van der Waals surface area contributed by atoms with Gasteiger partial charge in [-0.25, -0.2) is 0 Å². The third-order valence-electron chi connectivity index (χ3n) is 11.5. The van der Waals surface area contributed by atoms with Crippen molar-refractivity contribution in [2.24, 2.45) is 27.3 Å². The van der Waals surface area contributed by atoms with Gasteiger partial charge in [0.2, 0.25) is 6.79 Å². The average Bonchev–Trinajstić information content (AvgIpc) is 3.58. The van der Waals surface area contributed by atoms with Gasteiger partial charge >= 0.3 is 0 Å². The van der Waals surface area contributed by atoms with E-state index in [-0.39, 0.29) is 16.2 Å². The van der Waals surface area contributed by atoms with Crippen LogP contribution in [-0.2, 0) is 0 Å². The molecule has 0 bridgehead atoms. The van der Waals surface area contributed by atoms with Gasteiger partial charge < -0.3 is 14.8 Å². The summed E-state index contributed by atoms with van der Waals surface area (Å²) < 4.78 is 11.6. The molecular weight excluding hydrogens is 550 g/mol. The first kappa shape index (κ1) is 28.2. The highest BCUT2D eigenvalue weighted by molar-refractivity contribution is 7.80. The van der Waals surface area contributed by atoms with Gasteiger partial charge in [0.1, 0.15) is 0 Å². The maximum Gasteiger partial charge on any atom is 0.231 e. The molecule has 2 saturated carbocycles. The van der Waals surface area contributed by atoms with Crippen LogP contribution in [-0.4, -0.2) is 17.6 Å². The number of fused-ring (bicyclic) bond motifs is 5. The summed E-state index contributed by atoms with van der Waals surface area (Å²) in [7, 11) is 0. The number of nitrogens with zero attached hydrogens (tertiary/aromatic N) is 1. The quantitative estimate of drug-likeness (QED) is 0.213. The lowest BCUT2D eigenvalue weighted by atomic mass is 9.44. The van der Waals surface area contributed by atoms with Crippen LogP contribution in [0.5, 0.6) is 11.5 Å². The first-order chi connectivity index (χ1) is 20.7. The molecule has 0 radical (unpaired) electrons. The summed E-state index contributed by atoms with van der Waals surface area (Å²) in [5.74, 6) is 9.70. The van der Waals surface area contributed by atoms with Crippen molar-refractivity contribution < 1.29 is 9.47 Å². The summed E-state index contributed by atoms with van der Waals surface area (Å²) in [6, 6.07) is 16.6. The van der Waals surface area contributed by atoms with Crippen LogP contribution in [0.2, 0.25) is 0 Å². The Morgan fingerprint density at radius 1 is 1.00 bits per heavy atom. The van der Waals surface area contributed by atoms with Crippen molar-refractivity contribution in [3.05, 3.63) is 76.9 Å². The molecule has 0 aromatic heterocycles. The van der Waals surface area contributed by atoms with Crippen molar-refractivity contribution in [2.75, 3.05) is 12.1 Å². The van der Waals surface area contributed by atoms with E-state index >= 15 is 0 Å². The molecule has 222 valence electrons. The summed E-state index contributed by atoms with van der Waals surface area (Å²) in [5, 5.41) is 8.45. The van der Waals surface area contributed by atoms with Crippen molar-refractivity contribution in [3.63, 3.8) is 0 Å². The standard InChI is InChI=1S/C37H41N3O2S/c1-5-17-35(2)18-16-32-36(3)19-15-25-20-27(39-40-34(43)38-26-9-7-6-8-10-26)12-13-28(25)33(36)29(22-37(32,35)4)24-11-14-30-31(21-24)42-23-41-30/h6-11,14,20-21,29,32H,12-13,15-16,18-19,22-23H2,1-4H3,(H2,38,40,43)/b39-27+/t29-,32+,35-,36?,37+/m1/s1. The monoisotopic (exact) mass is 591 g/mol. The van der Waals surface area contributed by atoms with Crippen molar-refractivity contribution in [2.45, 2.75) is 78.6 Å². The van der Waals surface area contributed by atoms with Gasteiger partial charge in [0.15, 0.2) is 16.6 Å². The number of hydrogen-bond acceptors (Lipinski definition) is 4. The molecule has 2 aromatic rings. The minimum absolute atomic E-state index is 0.0145. The van der Waals surface area contributed by atoms with E-state index in [1.807, 2.05) is 37.3 Å². The van der Waals surface area contributed by atoms with Crippen LogP contribution in [0.4, 0.5) is 5.69 Å². The van der Waals surface area contributed by atoms with Crippen LogP contribution in [0.1, 0.15) is 84.1 Å². The van der Waals surface area contributed by atoms with E-state index in [1.54, 1.807) is 11.1 Å². The highest BCUT2D eigenvalue weighted by Crippen LogP contribution is 2.73. The normalized spacial score (nSPS) is 33.0. The first-order valence-corrected chi connectivity index (χ1v) is 16.1. The van der Waals surface area contributed by atoms with Crippen LogP contribution in [0.3, 0.4) is 0 Å². The predicted molar refractivity (Wildman–Crippen MR) is 177 cm³/mol. The smallest absolute Gasteiger partial charge is 0.231 e. The minimum Gasteiger partial charge on any atom is -0.454 e. The van der Waals surface area contributed by atoms with Gasteiger partial charge in [-0.05, 0) is 135 Å². The second-order valence-corrected chi connectivity index (χ2v) is 14.0. The zero-order valence-electron chi connectivity index (χ0n) is 25.7. The number of hydrazone groups is 1. The van der Waals surface area contributed by atoms with Gasteiger partial charge in [-0.15, -0.1) is 5.92 Å². The second-order valence-electron chi connectivity index (χ2n) is 13.6. The summed E-state index contributed by atoms with van der Waals surface area (Å²) in [5.41, 5.74) is 11.4. The van der Waals surface area contributed by atoms with E-state index in [0.29, 0.717) is 23.7 Å². The lowest BCUT2D eigenvalue weighted by molar-refractivity contribution is -0.00653. The molecule has 1 aliphatic heterocycles. The Labute approximate surface area is 261 Å². The summed E-state index contributed by atoms with van der Waals surface area (Å²) >= 11 is 5.52. The van der Waals surface area contributed by atoms with Crippen LogP contribution in [0.15, 0.2) is 76.4 Å². The summed E-state index contributed by atoms with van der Waals surface area (Å²) in [6.07, 6.45) is 9.98. The Hall–Kier alpha value is -3.56. The molecule has 0 saturated heterocycles. The minimum atomic E-state index is 0.0145. The Kier molecular flexibility index (Phi) is 6.93. The molecule has 2 fully saturated rings. The molecule has 1 unspecified atom stereocenters. The van der Waals surface area contributed by atoms with E-state index in [4.69, 9.17) is 26.8 Å². The Morgan fingerprint density at radius 2 is 1.81 bits per heavy atom. The Bertz CT molecular complexity index is 1630. The summed E-state index contributed by atoms with van der Waals surface area (Å²) in [4.78, 5) is 0. The van der Waals surface area contributed by atoms with Crippen molar-refractivity contribution in [1.82, 2.24) is 5.43 Å².